The van der Waals surface area contributed by atoms with Gasteiger partial charge in [0.15, 0.2) is 5.82 Å². The summed E-state index contributed by atoms with van der Waals surface area (Å²) in [5, 5.41) is 0. The standard InChI is InChI=1S/C12H21N5O3/c1-19-6-3-4-17(5-7-20-2)12(18)10-8-14-9-11(15-10)16-13/h8-9H,3-7,13H2,1-2H3,(H,15,16). The third-order valence-electron chi connectivity index (χ3n) is 2.63. The van der Waals surface area contributed by atoms with E-state index in [1.54, 1.807) is 19.1 Å². The highest BCUT2D eigenvalue weighted by atomic mass is 16.5. The molecule has 0 aliphatic rings. The number of hydrazine groups is 1. The van der Waals surface area contributed by atoms with Gasteiger partial charge in [0.05, 0.1) is 19.0 Å². The van der Waals surface area contributed by atoms with Crippen LogP contribution < -0.4 is 11.3 Å². The van der Waals surface area contributed by atoms with E-state index in [-0.39, 0.29) is 11.6 Å². The molecule has 0 unspecified atom stereocenters. The fourth-order valence-corrected chi connectivity index (χ4v) is 1.62. The average Bonchev–Trinajstić information content (AvgIpc) is 2.50. The Morgan fingerprint density at radius 1 is 1.30 bits per heavy atom. The van der Waals surface area contributed by atoms with Gasteiger partial charge in [-0.15, -0.1) is 0 Å². The first kappa shape index (κ1) is 16.3. The number of nitrogens with two attached hydrogens (primary N) is 1. The summed E-state index contributed by atoms with van der Waals surface area (Å²) in [6.07, 6.45) is 3.61. The summed E-state index contributed by atoms with van der Waals surface area (Å²) in [5.74, 6) is 5.40. The number of carbonyl (C=O) groups is 1. The van der Waals surface area contributed by atoms with Crippen molar-refractivity contribution in [1.82, 2.24) is 14.9 Å². The molecule has 1 aromatic heterocycles. The van der Waals surface area contributed by atoms with Crippen LogP contribution in [0.2, 0.25) is 0 Å². The van der Waals surface area contributed by atoms with E-state index in [0.717, 1.165) is 6.42 Å². The normalized spacial score (nSPS) is 10.3. The van der Waals surface area contributed by atoms with Crippen LogP contribution in [0.5, 0.6) is 0 Å². The zero-order valence-corrected chi connectivity index (χ0v) is 11.8. The summed E-state index contributed by atoms with van der Waals surface area (Å²) in [7, 11) is 3.22. The number of nitrogen functional groups attached to an aromatic ring is 1. The predicted molar refractivity (Wildman–Crippen MR) is 74.1 cm³/mol. The minimum Gasteiger partial charge on any atom is -0.385 e. The topological polar surface area (TPSA) is 103 Å². The fraction of sp³-hybridized carbons (Fsp3) is 0.583. The van der Waals surface area contributed by atoms with Crippen LogP contribution >= 0.6 is 0 Å². The van der Waals surface area contributed by atoms with Crippen LogP contribution in [0.4, 0.5) is 5.82 Å². The van der Waals surface area contributed by atoms with Gasteiger partial charge in [0.25, 0.3) is 5.91 Å². The molecular formula is C12H21N5O3. The average molecular weight is 283 g/mol. The molecule has 1 heterocycles. The number of methoxy groups -OCH3 is 2. The van der Waals surface area contributed by atoms with E-state index in [4.69, 9.17) is 15.3 Å². The molecule has 0 bridgehead atoms. The number of carbonyl (C=O) groups excluding carboxylic acids is 1. The van der Waals surface area contributed by atoms with Crippen LogP contribution in [0.15, 0.2) is 12.4 Å². The molecule has 8 nitrogen and oxygen atoms in total. The summed E-state index contributed by atoms with van der Waals surface area (Å²) >= 11 is 0. The second-order valence-corrected chi connectivity index (χ2v) is 4.07. The number of aromatic nitrogens is 2. The van der Waals surface area contributed by atoms with Gasteiger partial charge in [-0.05, 0) is 6.42 Å². The third kappa shape index (κ3) is 5.08. The third-order valence-corrected chi connectivity index (χ3v) is 2.63. The van der Waals surface area contributed by atoms with Gasteiger partial charge in [0, 0.05) is 33.9 Å². The van der Waals surface area contributed by atoms with E-state index >= 15 is 0 Å². The predicted octanol–water partition coefficient (Wildman–Crippen LogP) is -0.113. The summed E-state index contributed by atoms with van der Waals surface area (Å²) < 4.78 is 10.0. The van der Waals surface area contributed by atoms with Crippen LogP contribution in [0.3, 0.4) is 0 Å². The number of ether oxygens (including phenoxy) is 2. The number of hydrogen-bond acceptors (Lipinski definition) is 7. The Morgan fingerprint density at radius 3 is 2.70 bits per heavy atom. The Hall–Kier alpha value is -1.77. The van der Waals surface area contributed by atoms with Crippen LogP contribution in [0.1, 0.15) is 16.9 Å². The Morgan fingerprint density at radius 2 is 2.05 bits per heavy atom. The molecule has 0 aliphatic heterocycles. The molecule has 0 aromatic carbocycles. The lowest BCUT2D eigenvalue weighted by Gasteiger charge is -2.21. The van der Waals surface area contributed by atoms with Crippen molar-refractivity contribution in [1.29, 1.82) is 0 Å². The lowest BCUT2D eigenvalue weighted by Crippen LogP contribution is -2.36. The Labute approximate surface area is 118 Å². The zero-order valence-electron chi connectivity index (χ0n) is 11.8. The molecule has 112 valence electrons. The maximum Gasteiger partial charge on any atom is 0.274 e. The minimum atomic E-state index is -0.206. The maximum atomic E-state index is 12.4. The van der Waals surface area contributed by atoms with E-state index in [1.165, 1.54) is 12.4 Å². The van der Waals surface area contributed by atoms with Crippen LogP contribution in [0.25, 0.3) is 0 Å². The lowest BCUT2D eigenvalue weighted by molar-refractivity contribution is 0.0668. The number of nitrogens with one attached hydrogen (secondary N) is 1. The van der Waals surface area contributed by atoms with Crippen LogP contribution in [-0.2, 0) is 9.47 Å². The Kier molecular flexibility index (Phi) is 7.48. The summed E-state index contributed by atoms with van der Waals surface area (Å²) in [5.41, 5.74) is 2.61. The fourth-order valence-electron chi connectivity index (χ4n) is 1.62. The van der Waals surface area contributed by atoms with E-state index in [9.17, 15) is 4.79 Å². The molecule has 1 rings (SSSR count). The summed E-state index contributed by atoms with van der Waals surface area (Å²) in [4.78, 5) is 22.0. The molecule has 8 heteroatoms. The van der Waals surface area contributed by atoms with E-state index < -0.39 is 0 Å². The van der Waals surface area contributed by atoms with Gasteiger partial charge in [-0.2, -0.15) is 0 Å². The lowest BCUT2D eigenvalue weighted by atomic mass is 10.3. The molecule has 0 fully saturated rings. The van der Waals surface area contributed by atoms with Crippen molar-refractivity contribution in [3.63, 3.8) is 0 Å². The van der Waals surface area contributed by atoms with Gasteiger partial charge in [0.2, 0.25) is 0 Å². The molecule has 0 aliphatic carbocycles. The molecule has 1 amide bonds. The highest BCUT2D eigenvalue weighted by Gasteiger charge is 2.17. The maximum absolute atomic E-state index is 12.4. The molecule has 0 radical (unpaired) electrons. The molecule has 1 aromatic rings. The van der Waals surface area contributed by atoms with Gasteiger partial charge in [-0.1, -0.05) is 0 Å². The molecule has 0 saturated carbocycles. The molecular weight excluding hydrogens is 262 g/mol. The van der Waals surface area contributed by atoms with Crippen molar-refractivity contribution in [3.05, 3.63) is 18.1 Å². The van der Waals surface area contributed by atoms with Gasteiger partial charge in [0.1, 0.15) is 5.69 Å². The highest BCUT2D eigenvalue weighted by molar-refractivity contribution is 5.92. The largest absolute Gasteiger partial charge is 0.385 e. The number of anilines is 1. The van der Waals surface area contributed by atoms with E-state index in [2.05, 4.69) is 15.4 Å². The number of hydrogen-bond donors (Lipinski definition) is 2. The van der Waals surface area contributed by atoms with Gasteiger partial charge < -0.3 is 19.8 Å². The zero-order chi connectivity index (χ0) is 14.8. The minimum absolute atomic E-state index is 0.206. The highest BCUT2D eigenvalue weighted by Crippen LogP contribution is 2.05. The molecule has 0 saturated heterocycles. The molecule has 0 spiro atoms. The van der Waals surface area contributed by atoms with Crippen molar-refractivity contribution < 1.29 is 14.3 Å². The second kappa shape index (κ2) is 9.18. The second-order valence-electron chi connectivity index (χ2n) is 4.07. The summed E-state index contributed by atoms with van der Waals surface area (Å²) in [6, 6.07) is 0. The van der Waals surface area contributed by atoms with E-state index in [1.807, 2.05) is 0 Å². The van der Waals surface area contributed by atoms with Gasteiger partial charge in [-0.3, -0.25) is 9.78 Å². The quantitative estimate of drug-likeness (QED) is 0.370. The Bertz CT molecular complexity index is 416. The van der Waals surface area contributed by atoms with Crippen molar-refractivity contribution in [2.45, 2.75) is 6.42 Å². The number of amides is 1. The van der Waals surface area contributed by atoms with Crippen molar-refractivity contribution in [2.75, 3.05) is 45.9 Å². The van der Waals surface area contributed by atoms with Crippen molar-refractivity contribution in [3.8, 4) is 0 Å². The van der Waals surface area contributed by atoms with Crippen molar-refractivity contribution in [2.24, 2.45) is 5.84 Å². The van der Waals surface area contributed by atoms with Crippen LogP contribution in [-0.4, -0.2) is 61.3 Å². The Balaban J connectivity index is 2.73. The first-order valence-electron chi connectivity index (χ1n) is 6.28. The van der Waals surface area contributed by atoms with Gasteiger partial charge >= 0.3 is 0 Å². The molecule has 20 heavy (non-hydrogen) atoms. The monoisotopic (exact) mass is 283 g/mol. The van der Waals surface area contributed by atoms with Gasteiger partial charge in [-0.25, -0.2) is 10.8 Å². The SMILES string of the molecule is COCCCN(CCOC)C(=O)c1cncc(NN)n1. The first-order valence-corrected chi connectivity index (χ1v) is 6.28. The molecule has 3 N–H and O–H groups in total. The van der Waals surface area contributed by atoms with Crippen molar-refractivity contribution >= 4 is 11.7 Å². The number of nitrogens with zero attached hydrogens (tertiary/aromatic N) is 3. The van der Waals surface area contributed by atoms with Crippen LogP contribution in [0, 0.1) is 0 Å². The number of rotatable bonds is 9. The molecule has 0 atom stereocenters. The van der Waals surface area contributed by atoms with E-state index in [0.29, 0.717) is 32.1 Å². The summed E-state index contributed by atoms with van der Waals surface area (Å²) in [6.45, 7) is 2.10. The smallest absolute Gasteiger partial charge is 0.274 e. The first-order chi connectivity index (χ1) is 9.72.